The van der Waals surface area contributed by atoms with Crippen LogP contribution >= 0.6 is 11.8 Å². The van der Waals surface area contributed by atoms with E-state index in [9.17, 15) is 4.79 Å². The summed E-state index contributed by atoms with van der Waals surface area (Å²) in [7, 11) is 0. The van der Waals surface area contributed by atoms with E-state index in [4.69, 9.17) is 9.84 Å². The van der Waals surface area contributed by atoms with Crippen molar-refractivity contribution in [1.82, 2.24) is 4.98 Å². The van der Waals surface area contributed by atoms with Gasteiger partial charge in [-0.15, -0.1) is 0 Å². The van der Waals surface area contributed by atoms with E-state index in [1.807, 2.05) is 0 Å². The number of carboxylic acids is 1. The molecule has 16 heavy (non-hydrogen) atoms. The van der Waals surface area contributed by atoms with Gasteiger partial charge in [0, 0.05) is 6.20 Å². The first-order chi connectivity index (χ1) is 7.75. The highest BCUT2D eigenvalue weighted by atomic mass is 32.2. The first kappa shape index (κ1) is 11.4. The monoisotopic (exact) mass is 239 g/mol. The lowest BCUT2D eigenvalue weighted by Gasteiger charge is -2.03. The molecule has 1 N–H and O–H groups in total. The van der Waals surface area contributed by atoms with Crippen LogP contribution < -0.4 is 0 Å². The van der Waals surface area contributed by atoms with E-state index in [1.165, 1.54) is 36.9 Å². The second kappa shape index (κ2) is 5.32. The van der Waals surface area contributed by atoms with E-state index in [0.29, 0.717) is 11.0 Å². The van der Waals surface area contributed by atoms with E-state index in [0.717, 1.165) is 12.5 Å². The van der Waals surface area contributed by atoms with Crippen LogP contribution in [0.4, 0.5) is 0 Å². The number of aromatic carboxylic acids is 1. The first-order valence-electron chi connectivity index (χ1n) is 5.15. The number of hydrogen-bond donors (Lipinski definition) is 1. The maximum atomic E-state index is 10.7. The van der Waals surface area contributed by atoms with Gasteiger partial charge in [0.05, 0.1) is 23.1 Å². The normalized spacial score (nSPS) is 15.0. The lowest BCUT2D eigenvalue weighted by Crippen LogP contribution is -1.98. The van der Waals surface area contributed by atoms with Gasteiger partial charge in [0.1, 0.15) is 0 Å². The Kier molecular flexibility index (Phi) is 3.79. The van der Waals surface area contributed by atoms with Gasteiger partial charge in [0.25, 0.3) is 0 Å². The largest absolute Gasteiger partial charge is 0.478 e. The van der Waals surface area contributed by atoms with Crippen LogP contribution in [0, 0.1) is 5.92 Å². The number of pyridine rings is 1. The Bertz CT molecular complexity index is 379. The highest BCUT2D eigenvalue weighted by Crippen LogP contribution is 2.29. The van der Waals surface area contributed by atoms with Crippen LogP contribution in [0.5, 0.6) is 0 Å². The van der Waals surface area contributed by atoms with Crippen LogP contribution in [-0.2, 0) is 4.74 Å². The van der Waals surface area contributed by atoms with Crippen LogP contribution in [-0.4, -0.2) is 28.6 Å². The molecule has 1 saturated carbocycles. The average Bonchev–Trinajstić information content (AvgIpc) is 3.09. The number of hydrogen-bond acceptors (Lipinski definition) is 4. The molecule has 86 valence electrons. The summed E-state index contributed by atoms with van der Waals surface area (Å²) in [6.45, 7) is 0.811. The zero-order valence-electron chi connectivity index (χ0n) is 8.76. The Morgan fingerprint density at radius 2 is 2.44 bits per heavy atom. The number of carboxylic acid groups (broad SMARTS) is 1. The molecule has 1 aliphatic carbocycles. The molecule has 0 radical (unpaired) electrons. The molecule has 1 heterocycles. The molecule has 1 aliphatic rings. The number of thioether (sulfide) groups is 1. The van der Waals surface area contributed by atoms with Crippen LogP contribution in [0.1, 0.15) is 23.2 Å². The molecule has 4 nitrogen and oxygen atoms in total. The number of ether oxygens (including phenoxy) is 1. The Morgan fingerprint density at radius 1 is 1.62 bits per heavy atom. The summed E-state index contributed by atoms with van der Waals surface area (Å²) in [5, 5.41) is 9.48. The molecule has 0 saturated heterocycles. The fraction of sp³-hybridized carbons (Fsp3) is 0.455. The predicted octanol–water partition coefficient (Wildman–Crippen LogP) is 2.26. The van der Waals surface area contributed by atoms with Gasteiger partial charge in [-0.2, -0.15) is 0 Å². The summed E-state index contributed by atoms with van der Waals surface area (Å²) < 4.78 is 5.44. The van der Waals surface area contributed by atoms with E-state index in [1.54, 1.807) is 6.07 Å². The minimum atomic E-state index is -0.928. The zero-order chi connectivity index (χ0) is 11.4. The van der Waals surface area contributed by atoms with Crippen LogP contribution in [0.2, 0.25) is 0 Å². The molecule has 0 bridgehead atoms. The molecule has 0 atom stereocenters. The summed E-state index contributed by atoms with van der Waals surface area (Å²) in [5.41, 5.74) is 0.264. The highest BCUT2D eigenvalue weighted by molar-refractivity contribution is 7.99. The van der Waals surface area contributed by atoms with Crippen LogP contribution in [0.25, 0.3) is 0 Å². The maximum Gasteiger partial charge on any atom is 0.335 e. The van der Waals surface area contributed by atoms with Crippen molar-refractivity contribution in [3.8, 4) is 0 Å². The third-order valence-electron chi connectivity index (χ3n) is 2.32. The van der Waals surface area contributed by atoms with Gasteiger partial charge in [0.2, 0.25) is 0 Å². The Labute approximate surface area is 98.0 Å². The third-order valence-corrected chi connectivity index (χ3v) is 3.13. The molecule has 0 spiro atoms. The lowest BCUT2D eigenvalue weighted by atomic mass is 10.3. The second-order valence-corrected chi connectivity index (χ2v) is 4.71. The van der Waals surface area contributed by atoms with Gasteiger partial charge < -0.3 is 9.84 Å². The summed E-state index contributed by atoms with van der Waals surface area (Å²) >= 11 is 1.43. The fourth-order valence-electron chi connectivity index (χ4n) is 1.22. The van der Waals surface area contributed by atoms with E-state index < -0.39 is 5.97 Å². The molecule has 2 rings (SSSR count). The molecule has 1 aromatic rings. The summed E-state index contributed by atoms with van der Waals surface area (Å²) in [4.78, 5) is 14.8. The van der Waals surface area contributed by atoms with Crippen molar-refractivity contribution < 1.29 is 14.6 Å². The molecule has 0 unspecified atom stereocenters. The summed E-state index contributed by atoms with van der Waals surface area (Å²) in [5.74, 6) is 0.356. The Balaban J connectivity index is 1.78. The highest BCUT2D eigenvalue weighted by Gasteiger charge is 2.20. The number of carbonyl (C=O) groups is 1. The molecule has 1 fully saturated rings. The van der Waals surface area contributed by atoms with E-state index >= 15 is 0 Å². The van der Waals surface area contributed by atoms with Gasteiger partial charge >= 0.3 is 5.97 Å². The molecule has 1 aromatic heterocycles. The van der Waals surface area contributed by atoms with E-state index in [2.05, 4.69) is 4.98 Å². The summed E-state index contributed by atoms with van der Waals surface area (Å²) in [6, 6.07) is 3.05. The molecule has 0 amide bonds. The quantitative estimate of drug-likeness (QED) is 0.468. The first-order valence-corrected chi connectivity index (χ1v) is 6.14. The molecular formula is C11H13NO3S. The van der Waals surface area contributed by atoms with Gasteiger partial charge in [-0.1, -0.05) is 11.8 Å². The van der Waals surface area contributed by atoms with Crippen molar-refractivity contribution in [2.24, 2.45) is 5.92 Å². The predicted molar refractivity (Wildman–Crippen MR) is 60.6 cm³/mol. The topological polar surface area (TPSA) is 59.4 Å². The SMILES string of the molecule is O=C(O)c1ccnc(SCOCC2CC2)c1. The van der Waals surface area contributed by atoms with Crippen LogP contribution in [0.3, 0.4) is 0 Å². The Morgan fingerprint density at radius 3 is 3.12 bits per heavy atom. The molecule has 0 aliphatic heterocycles. The van der Waals surface area contributed by atoms with Crippen molar-refractivity contribution >= 4 is 17.7 Å². The van der Waals surface area contributed by atoms with Gasteiger partial charge in [0.15, 0.2) is 0 Å². The van der Waals surface area contributed by atoms with Crippen molar-refractivity contribution in [2.45, 2.75) is 17.9 Å². The van der Waals surface area contributed by atoms with Crippen molar-refractivity contribution in [3.05, 3.63) is 23.9 Å². The molecular weight excluding hydrogens is 226 g/mol. The number of nitrogens with zero attached hydrogens (tertiary/aromatic N) is 1. The minimum Gasteiger partial charge on any atom is -0.478 e. The zero-order valence-corrected chi connectivity index (χ0v) is 9.57. The fourth-order valence-corrected chi connectivity index (χ4v) is 1.87. The van der Waals surface area contributed by atoms with Crippen molar-refractivity contribution in [2.75, 3.05) is 12.5 Å². The lowest BCUT2D eigenvalue weighted by molar-refractivity contribution is 0.0696. The summed E-state index contributed by atoms with van der Waals surface area (Å²) in [6.07, 6.45) is 4.06. The van der Waals surface area contributed by atoms with Crippen molar-refractivity contribution in [1.29, 1.82) is 0 Å². The smallest absolute Gasteiger partial charge is 0.335 e. The number of aromatic nitrogens is 1. The maximum absolute atomic E-state index is 10.7. The molecule has 0 aromatic carbocycles. The standard InChI is InChI=1S/C11H13NO3S/c13-11(14)9-3-4-12-10(5-9)16-7-15-6-8-1-2-8/h3-5,8H,1-2,6-7H2,(H,13,14). The number of rotatable bonds is 6. The molecule has 5 heteroatoms. The average molecular weight is 239 g/mol. The van der Waals surface area contributed by atoms with Gasteiger partial charge in [-0.3, -0.25) is 0 Å². The van der Waals surface area contributed by atoms with E-state index in [-0.39, 0.29) is 5.56 Å². The van der Waals surface area contributed by atoms with Crippen LogP contribution in [0.15, 0.2) is 23.4 Å². The van der Waals surface area contributed by atoms with Gasteiger partial charge in [-0.05, 0) is 30.9 Å². The van der Waals surface area contributed by atoms with Gasteiger partial charge in [-0.25, -0.2) is 9.78 Å². The third kappa shape index (κ3) is 3.50. The minimum absolute atomic E-state index is 0.264. The van der Waals surface area contributed by atoms with Crippen molar-refractivity contribution in [3.63, 3.8) is 0 Å². The second-order valence-electron chi connectivity index (χ2n) is 3.76. The Hall–Kier alpha value is -1.07.